The van der Waals surface area contributed by atoms with Gasteiger partial charge in [-0.15, -0.1) is 22.7 Å². The molecule has 9 heteroatoms. The summed E-state index contributed by atoms with van der Waals surface area (Å²) in [5.41, 5.74) is 2.66. The fourth-order valence-corrected chi connectivity index (χ4v) is 6.97. The Balaban J connectivity index is 1.53. The number of nitrogens with zero attached hydrogens (tertiary/aromatic N) is 2. The number of thioether (sulfide) groups is 1. The maximum Gasteiger partial charge on any atom is 0.341 e. The van der Waals surface area contributed by atoms with E-state index in [2.05, 4.69) is 15.3 Å². The number of nitrogens with one attached hydrogen (secondary N) is 1. The van der Waals surface area contributed by atoms with Crippen LogP contribution in [0.5, 0.6) is 0 Å². The number of thiophene rings is 2. The normalized spacial score (nSPS) is 12.9. The molecule has 1 aliphatic rings. The summed E-state index contributed by atoms with van der Waals surface area (Å²) in [6.45, 7) is 7.76. The van der Waals surface area contributed by atoms with Gasteiger partial charge in [0, 0.05) is 15.1 Å². The van der Waals surface area contributed by atoms with Gasteiger partial charge in [-0.2, -0.15) is 0 Å². The van der Waals surface area contributed by atoms with Gasteiger partial charge in [0.15, 0.2) is 0 Å². The molecule has 0 aliphatic heterocycles. The number of aromatic nitrogens is 2. The maximum absolute atomic E-state index is 12.7. The molecule has 6 nitrogen and oxygen atoms in total. The Bertz CT molecular complexity index is 1150. The first kappa shape index (κ1) is 21.3. The van der Waals surface area contributed by atoms with Gasteiger partial charge in [0.05, 0.1) is 17.9 Å². The molecule has 1 amide bonds. The Kier molecular flexibility index (Phi) is 6.13. The smallest absolute Gasteiger partial charge is 0.341 e. The average Bonchev–Trinajstić information content (AvgIpc) is 3.33. The van der Waals surface area contributed by atoms with Gasteiger partial charge in [-0.1, -0.05) is 11.8 Å². The van der Waals surface area contributed by atoms with Gasteiger partial charge in [0.25, 0.3) is 0 Å². The number of amides is 1. The zero-order valence-corrected chi connectivity index (χ0v) is 19.8. The van der Waals surface area contributed by atoms with Crippen LogP contribution in [0.15, 0.2) is 5.03 Å². The van der Waals surface area contributed by atoms with Crippen molar-refractivity contribution in [1.82, 2.24) is 9.97 Å². The first-order valence-electron chi connectivity index (χ1n) is 9.87. The third-order valence-corrected chi connectivity index (χ3v) is 8.38. The Hall–Kier alpha value is -1.97. The Morgan fingerprint density at radius 2 is 1.97 bits per heavy atom. The summed E-state index contributed by atoms with van der Waals surface area (Å²) in [7, 11) is 0. The molecule has 0 radical (unpaired) electrons. The van der Waals surface area contributed by atoms with Crippen molar-refractivity contribution in [3.63, 3.8) is 0 Å². The molecule has 3 heterocycles. The molecule has 1 aliphatic carbocycles. The van der Waals surface area contributed by atoms with Crippen molar-refractivity contribution < 1.29 is 14.3 Å². The Morgan fingerprint density at radius 3 is 2.73 bits per heavy atom. The quantitative estimate of drug-likeness (QED) is 0.313. The van der Waals surface area contributed by atoms with Crippen molar-refractivity contribution >= 4 is 61.5 Å². The Labute approximate surface area is 187 Å². The van der Waals surface area contributed by atoms with Crippen LogP contribution in [0.4, 0.5) is 5.00 Å². The topological polar surface area (TPSA) is 81.2 Å². The lowest BCUT2D eigenvalue weighted by molar-refractivity contribution is -0.113. The molecule has 0 bridgehead atoms. The Morgan fingerprint density at radius 1 is 1.17 bits per heavy atom. The second kappa shape index (κ2) is 8.64. The number of fused-ring (bicyclic) bond motifs is 3. The highest BCUT2D eigenvalue weighted by Crippen LogP contribution is 2.40. The highest BCUT2D eigenvalue weighted by Gasteiger charge is 2.24. The molecule has 158 valence electrons. The van der Waals surface area contributed by atoms with Gasteiger partial charge < -0.3 is 10.1 Å². The molecule has 4 rings (SSSR count). The molecule has 30 heavy (non-hydrogen) atoms. The predicted octanol–water partition coefficient (Wildman–Crippen LogP) is 5.07. The van der Waals surface area contributed by atoms with Crippen LogP contribution in [0.25, 0.3) is 10.2 Å². The van der Waals surface area contributed by atoms with E-state index in [1.54, 1.807) is 18.3 Å². The lowest BCUT2D eigenvalue weighted by atomic mass is 10.1. The van der Waals surface area contributed by atoms with Crippen LogP contribution in [-0.2, 0) is 22.4 Å². The van der Waals surface area contributed by atoms with Crippen molar-refractivity contribution in [3.05, 3.63) is 32.3 Å². The van der Waals surface area contributed by atoms with Crippen molar-refractivity contribution in [1.29, 1.82) is 0 Å². The van der Waals surface area contributed by atoms with Crippen LogP contribution in [0, 0.1) is 20.8 Å². The minimum absolute atomic E-state index is 0.164. The van der Waals surface area contributed by atoms with Gasteiger partial charge in [-0.3, -0.25) is 4.79 Å². The SMILES string of the molecule is CCOC(=O)c1c(NC(=O)CSc2nc(C)nc3sc4c(c23)CCC4)sc(C)c1C. The molecule has 0 atom stereocenters. The van der Waals surface area contributed by atoms with E-state index in [4.69, 9.17) is 4.74 Å². The van der Waals surface area contributed by atoms with Crippen molar-refractivity contribution in [2.45, 2.75) is 52.0 Å². The molecule has 0 unspecified atom stereocenters. The third kappa shape index (κ3) is 3.98. The van der Waals surface area contributed by atoms with Crippen LogP contribution >= 0.6 is 34.4 Å². The summed E-state index contributed by atoms with van der Waals surface area (Å²) >= 11 is 4.58. The summed E-state index contributed by atoms with van der Waals surface area (Å²) in [5.74, 6) is 0.376. The fraction of sp³-hybridized carbons (Fsp3) is 0.429. The number of hydrogen-bond donors (Lipinski definition) is 1. The average molecular weight is 462 g/mol. The second-order valence-corrected chi connectivity index (χ2v) is 10.4. The summed E-state index contributed by atoms with van der Waals surface area (Å²) < 4.78 is 5.16. The number of anilines is 1. The van der Waals surface area contributed by atoms with Gasteiger partial charge in [-0.05, 0) is 58.1 Å². The highest BCUT2D eigenvalue weighted by molar-refractivity contribution is 8.00. The zero-order valence-electron chi connectivity index (χ0n) is 17.4. The van der Waals surface area contributed by atoms with E-state index in [0.29, 0.717) is 17.2 Å². The number of aryl methyl sites for hydroxylation is 4. The highest BCUT2D eigenvalue weighted by atomic mass is 32.2. The molecule has 3 aromatic rings. The zero-order chi connectivity index (χ0) is 21.4. The van der Waals surface area contributed by atoms with Crippen molar-refractivity contribution in [3.8, 4) is 0 Å². The fourth-order valence-electron chi connectivity index (χ4n) is 3.63. The first-order valence-corrected chi connectivity index (χ1v) is 12.5. The van der Waals surface area contributed by atoms with Gasteiger partial charge >= 0.3 is 5.97 Å². The van der Waals surface area contributed by atoms with Gasteiger partial charge in [0.1, 0.15) is 20.7 Å². The number of hydrogen-bond acceptors (Lipinski definition) is 8. The second-order valence-electron chi connectivity index (χ2n) is 7.16. The lowest BCUT2D eigenvalue weighted by Gasteiger charge is -2.08. The summed E-state index contributed by atoms with van der Waals surface area (Å²) in [4.78, 5) is 37.7. The molecule has 0 spiro atoms. The van der Waals surface area contributed by atoms with Crippen LogP contribution in [0.2, 0.25) is 0 Å². The summed E-state index contributed by atoms with van der Waals surface area (Å²) in [6, 6.07) is 0. The van der Waals surface area contributed by atoms with E-state index in [9.17, 15) is 9.59 Å². The minimum Gasteiger partial charge on any atom is -0.462 e. The maximum atomic E-state index is 12.7. The predicted molar refractivity (Wildman–Crippen MR) is 123 cm³/mol. The minimum atomic E-state index is -0.399. The van der Waals surface area contributed by atoms with E-state index >= 15 is 0 Å². The molecule has 1 N–H and O–H groups in total. The van der Waals surface area contributed by atoms with Crippen molar-refractivity contribution in [2.24, 2.45) is 0 Å². The van der Waals surface area contributed by atoms with E-state index < -0.39 is 5.97 Å². The standard InChI is InChI=1S/C21H23N3O3S3/c1-5-27-21(26)16-10(2)11(3)29-19(16)24-15(25)9-28-18-17-13-7-6-8-14(13)30-20(17)23-12(4)22-18/h5-9H2,1-4H3,(H,24,25). The molecular weight excluding hydrogens is 438 g/mol. The van der Waals surface area contributed by atoms with Gasteiger partial charge in [0.2, 0.25) is 5.91 Å². The monoisotopic (exact) mass is 461 g/mol. The molecular formula is C21H23N3O3S3. The number of esters is 1. The number of carbonyl (C=O) groups excluding carboxylic acids is 2. The molecule has 0 aromatic carbocycles. The summed E-state index contributed by atoms with van der Waals surface area (Å²) in [6.07, 6.45) is 3.33. The van der Waals surface area contributed by atoms with E-state index in [0.717, 1.165) is 44.3 Å². The van der Waals surface area contributed by atoms with E-state index in [1.165, 1.54) is 40.0 Å². The largest absolute Gasteiger partial charge is 0.462 e. The third-order valence-electron chi connectivity index (χ3n) is 5.10. The van der Waals surface area contributed by atoms with Crippen LogP contribution in [-0.4, -0.2) is 34.2 Å². The molecule has 0 saturated carbocycles. The van der Waals surface area contributed by atoms with Gasteiger partial charge in [-0.25, -0.2) is 14.8 Å². The summed E-state index contributed by atoms with van der Waals surface area (Å²) in [5, 5.41) is 5.45. The number of carbonyl (C=O) groups is 2. The van der Waals surface area contributed by atoms with Crippen LogP contribution < -0.4 is 5.32 Å². The van der Waals surface area contributed by atoms with Crippen LogP contribution in [0.1, 0.15) is 50.4 Å². The lowest BCUT2D eigenvalue weighted by Crippen LogP contribution is -2.16. The molecule has 3 aromatic heterocycles. The molecule has 0 saturated heterocycles. The van der Waals surface area contributed by atoms with Crippen molar-refractivity contribution in [2.75, 3.05) is 17.7 Å². The number of rotatable bonds is 6. The van der Waals surface area contributed by atoms with E-state index in [1.807, 2.05) is 20.8 Å². The first-order chi connectivity index (χ1) is 14.4. The molecule has 0 fully saturated rings. The van der Waals surface area contributed by atoms with E-state index in [-0.39, 0.29) is 11.7 Å². The van der Waals surface area contributed by atoms with Crippen LogP contribution in [0.3, 0.4) is 0 Å². The number of ether oxygens (including phenoxy) is 1.